The minimum Gasteiger partial charge on any atom is -0.496 e. The van der Waals surface area contributed by atoms with Crippen molar-refractivity contribution in [3.8, 4) is 5.75 Å². The van der Waals surface area contributed by atoms with Crippen molar-refractivity contribution in [3.63, 3.8) is 0 Å². The molecule has 0 amide bonds. The molecule has 1 aromatic carbocycles. The Balaban J connectivity index is 2.14. The van der Waals surface area contributed by atoms with Crippen LogP contribution in [0.3, 0.4) is 0 Å². The van der Waals surface area contributed by atoms with E-state index >= 15 is 0 Å². The van der Waals surface area contributed by atoms with Crippen molar-refractivity contribution in [3.05, 3.63) is 29.3 Å². The number of nitrogens with two attached hydrogens (primary N) is 1. The third kappa shape index (κ3) is 2.56. The third-order valence-corrected chi connectivity index (χ3v) is 3.51. The van der Waals surface area contributed by atoms with Gasteiger partial charge in [-0.15, -0.1) is 0 Å². The normalized spacial score (nSPS) is 17.2. The summed E-state index contributed by atoms with van der Waals surface area (Å²) in [5.41, 5.74) is 8.45. The maximum Gasteiger partial charge on any atom is 0.122 e. The molecule has 0 spiro atoms. The van der Waals surface area contributed by atoms with E-state index in [9.17, 15) is 0 Å². The third-order valence-electron chi connectivity index (χ3n) is 3.51. The van der Waals surface area contributed by atoms with Gasteiger partial charge in [-0.2, -0.15) is 0 Å². The van der Waals surface area contributed by atoms with Crippen LogP contribution in [0.5, 0.6) is 5.75 Å². The van der Waals surface area contributed by atoms with Crippen molar-refractivity contribution in [2.45, 2.75) is 26.2 Å². The molecule has 1 aliphatic rings. The van der Waals surface area contributed by atoms with Crippen molar-refractivity contribution >= 4 is 0 Å². The number of rotatable bonds is 5. The highest BCUT2D eigenvalue weighted by atomic mass is 16.5. The first-order chi connectivity index (χ1) is 7.74. The first-order valence-corrected chi connectivity index (χ1v) is 6.08. The Morgan fingerprint density at radius 3 is 2.75 bits per heavy atom. The van der Waals surface area contributed by atoms with E-state index in [2.05, 4.69) is 25.1 Å². The fourth-order valence-corrected chi connectivity index (χ4v) is 2.36. The predicted octanol–water partition coefficient (Wildman–Crippen LogP) is 2.53. The molecule has 0 aromatic heterocycles. The van der Waals surface area contributed by atoms with E-state index in [1.807, 2.05) is 0 Å². The molecule has 0 heterocycles. The monoisotopic (exact) mass is 219 g/mol. The number of aryl methyl sites for hydroxylation is 1. The maximum absolute atomic E-state index is 5.85. The van der Waals surface area contributed by atoms with Crippen LogP contribution in [0.4, 0.5) is 0 Å². The summed E-state index contributed by atoms with van der Waals surface area (Å²) in [6.07, 6.45) is 3.78. The van der Waals surface area contributed by atoms with Gasteiger partial charge in [0, 0.05) is 0 Å². The number of hydrogen-bond donors (Lipinski definition) is 1. The average Bonchev–Trinajstić information content (AvgIpc) is 3.10. The first-order valence-electron chi connectivity index (χ1n) is 6.08. The number of methoxy groups -OCH3 is 1. The summed E-state index contributed by atoms with van der Waals surface area (Å²) in [6.45, 7) is 2.92. The Bertz CT molecular complexity index is 358. The molecule has 16 heavy (non-hydrogen) atoms. The molecule has 1 atom stereocenters. The Kier molecular flexibility index (Phi) is 3.49. The fourth-order valence-electron chi connectivity index (χ4n) is 2.36. The smallest absolute Gasteiger partial charge is 0.122 e. The highest BCUT2D eigenvalue weighted by Gasteiger charge is 2.30. The highest BCUT2D eigenvalue weighted by molar-refractivity contribution is 5.37. The van der Waals surface area contributed by atoms with Crippen LogP contribution in [-0.4, -0.2) is 13.7 Å². The summed E-state index contributed by atoms with van der Waals surface area (Å²) in [4.78, 5) is 0. The van der Waals surface area contributed by atoms with Crippen molar-refractivity contribution in [2.75, 3.05) is 13.7 Å². The highest BCUT2D eigenvalue weighted by Crippen LogP contribution is 2.39. The molecule has 2 nitrogen and oxygen atoms in total. The van der Waals surface area contributed by atoms with Gasteiger partial charge in [-0.3, -0.25) is 0 Å². The lowest BCUT2D eigenvalue weighted by Gasteiger charge is -2.16. The van der Waals surface area contributed by atoms with Crippen LogP contribution in [0.25, 0.3) is 0 Å². The molecular weight excluding hydrogens is 198 g/mol. The summed E-state index contributed by atoms with van der Waals surface area (Å²) < 4.78 is 5.41. The summed E-state index contributed by atoms with van der Waals surface area (Å²) in [7, 11) is 1.74. The second-order valence-electron chi connectivity index (χ2n) is 4.85. The largest absolute Gasteiger partial charge is 0.496 e. The van der Waals surface area contributed by atoms with Crippen LogP contribution >= 0.6 is 0 Å². The van der Waals surface area contributed by atoms with Crippen molar-refractivity contribution < 1.29 is 4.74 Å². The van der Waals surface area contributed by atoms with Gasteiger partial charge in [-0.25, -0.2) is 0 Å². The zero-order valence-electron chi connectivity index (χ0n) is 10.2. The zero-order valence-corrected chi connectivity index (χ0v) is 10.2. The Morgan fingerprint density at radius 1 is 1.44 bits per heavy atom. The molecule has 1 fully saturated rings. The van der Waals surface area contributed by atoms with Gasteiger partial charge in [0.05, 0.1) is 7.11 Å². The van der Waals surface area contributed by atoms with E-state index in [0.717, 1.165) is 24.6 Å². The SMILES string of the molecule is COc1ccc(C)cc1CC(CN)C1CC1. The van der Waals surface area contributed by atoms with Crippen molar-refractivity contribution in [2.24, 2.45) is 17.6 Å². The lowest BCUT2D eigenvalue weighted by Crippen LogP contribution is -2.19. The molecule has 1 aliphatic carbocycles. The number of ether oxygens (including phenoxy) is 1. The molecule has 2 N–H and O–H groups in total. The molecule has 88 valence electrons. The zero-order chi connectivity index (χ0) is 11.5. The molecule has 1 saturated carbocycles. The molecule has 1 unspecified atom stereocenters. The number of benzene rings is 1. The standard InChI is InChI=1S/C14H21NO/c1-10-3-6-14(16-2)12(7-10)8-13(9-15)11-4-5-11/h3,6-7,11,13H,4-5,8-9,15H2,1-2H3. The molecule has 0 bridgehead atoms. The molecule has 1 aromatic rings. The second-order valence-corrected chi connectivity index (χ2v) is 4.85. The Morgan fingerprint density at radius 2 is 2.19 bits per heavy atom. The van der Waals surface area contributed by atoms with Crippen LogP contribution < -0.4 is 10.5 Å². The molecule has 2 rings (SSSR count). The van der Waals surface area contributed by atoms with Crippen LogP contribution in [-0.2, 0) is 6.42 Å². The van der Waals surface area contributed by atoms with Gasteiger partial charge < -0.3 is 10.5 Å². The van der Waals surface area contributed by atoms with Crippen LogP contribution in [0.2, 0.25) is 0 Å². The van der Waals surface area contributed by atoms with Crippen molar-refractivity contribution in [1.29, 1.82) is 0 Å². The average molecular weight is 219 g/mol. The van der Waals surface area contributed by atoms with Crippen LogP contribution in [0, 0.1) is 18.8 Å². The van der Waals surface area contributed by atoms with Gasteiger partial charge in [0.25, 0.3) is 0 Å². The topological polar surface area (TPSA) is 35.2 Å². The molecule has 0 radical (unpaired) electrons. The van der Waals surface area contributed by atoms with E-state index in [1.54, 1.807) is 7.11 Å². The second kappa shape index (κ2) is 4.88. The van der Waals surface area contributed by atoms with Gasteiger partial charge in [0.15, 0.2) is 0 Å². The van der Waals surface area contributed by atoms with E-state index in [4.69, 9.17) is 10.5 Å². The van der Waals surface area contributed by atoms with E-state index in [1.165, 1.54) is 24.0 Å². The predicted molar refractivity (Wildman–Crippen MR) is 66.7 cm³/mol. The molecular formula is C14H21NO. The van der Waals surface area contributed by atoms with E-state index < -0.39 is 0 Å². The quantitative estimate of drug-likeness (QED) is 0.826. The van der Waals surface area contributed by atoms with Gasteiger partial charge in [0.1, 0.15) is 5.75 Å². The Labute approximate surface area is 97.8 Å². The lowest BCUT2D eigenvalue weighted by atomic mass is 9.93. The molecule has 0 aliphatic heterocycles. The first kappa shape index (κ1) is 11.5. The van der Waals surface area contributed by atoms with Gasteiger partial charge in [-0.1, -0.05) is 17.7 Å². The summed E-state index contributed by atoms with van der Waals surface area (Å²) in [5.74, 6) is 2.50. The lowest BCUT2D eigenvalue weighted by molar-refractivity contribution is 0.398. The van der Waals surface area contributed by atoms with Crippen molar-refractivity contribution in [1.82, 2.24) is 0 Å². The van der Waals surface area contributed by atoms with Gasteiger partial charge in [0.2, 0.25) is 0 Å². The van der Waals surface area contributed by atoms with Crippen LogP contribution in [0.1, 0.15) is 24.0 Å². The van der Waals surface area contributed by atoms with Gasteiger partial charge >= 0.3 is 0 Å². The summed E-state index contributed by atoms with van der Waals surface area (Å²) in [6, 6.07) is 6.38. The number of hydrogen-bond acceptors (Lipinski definition) is 2. The van der Waals surface area contributed by atoms with E-state index in [-0.39, 0.29) is 0 Å². The fraction of sp³-hybridized carbons (Fsp3) is 0.571. The Hall–Kier alpha value is -1.02. The minimum atomic E-state index is 0.635. The van der Waals surface area contributed by atoms with Gasteiger partial charge in [-0.05, 0) is 56.2 Å². The summed E-state index contributed by atoms with van der Waals surface area (Å²) >= 11 is 0. The van der Waals surface area contributed by atoms with Crippen LogP contribution in [0.15, 0.2) is 18.2 Å². The van der Waals surface area contributed by atoms with E-state index in [0.29, 0.717) is 5.92 Å². The maximum atomic E-state index is 5.85. The molecule has 0 saturated heterocycles. The molecule has 2 heteroatoms. The summed E-state index contributed by atoms with van der Waals surface area (Å²) in [5, 5.41) is 0. The minimum absolute atomic E-state index is 0.635.